The molecule has 2 amide bonds. The molecule has 0 saturated heterocycles. The van der Waals surface area contributed by atoms with E-state index in [4.69, 9.17) is 16.2 Å². The van der Waals surface area contributed by atoms with Crippen LogP contribution < -0.4 is 10.6 Å². The summed E-state index contributed by atoms with van der Waals surface area (Å²) < 4.78 is 30.9. The van der Waals surface area contributed by atoms with Crippen LogP contribution in [-0.4, -0.2) is 37.1 Å². The summed E-state index contributed by atoms with van der Waals surface area (Å²) in [7, 11) is -4.18. The molecule has 7 nitrogen and oxygen atoms in total. The van der Waals surface area contributed by atoms with Crippen LogP contribution in [0, 0.1) is 6.92 Å². The minimum Gasteiger partial charge on any atom is -0.351 e. The molecule has 0 saturated carbocycles. The molecule has 5 aromatic carbocycles. The van der Waals surface area contributed by atoms with Gasteiger partial charge in [-0.05, 0) is 99.7 Å². The molecule has 0 aliphatic heterocycles. The number of hydrogen-bond donors (Lipinski definition) is 3. The van der Waals surface area contributed by atoms with Crippen molar-refractivity contribution >= 4 is 39.2 Å². The van der Waals surface area contributed by atoms with E-state index in [9.17, 15) is 18.0 Å². The third kappa shape index (κ3) is 9.69. The summed E-state index contributed by atoms with van der Waals surface area (Å²) >= 11 is 6.15. The molecule has 0 aliphatic carbocycles. The van der Waals surface area contributed by atoms with Crippen LogP contribution in [0.5, 0.6) is 0 Å². The van der Waals surface area contributed by atoms with Crippen molar-refractivity contribution in [2.75, 3.05) is 17.6 Å². The van der Waals surface area contributed by atoms with E-state index in [0.29, 0.717) is 22.7 Å². The molecule has 5 rings (SSSR count). The molecule has 1 atom stereocenters. The zero-order chi connectivity index (χ0) is 36.1. The fourth-order valence-electron chi connectivity index (χ4n) is 5.77. The van der Waals surface area contributed by atoms with Crippen molar-refractivity contribution in [3.63, 3.8) is 0 Å². The lowest BCUT2D eigenvalue weighted by molar-refractivity contribution is -0.117. The van der Waals surface area contributed by atoms with Gasteiger partial charge >= 0.3 is 0 Å². The van der Waals surface area contributed by atoms with E-state index < -0.39 is 27.7 Å². The first-order valence-corrected chi connectivity index (χ1v) is 18.4. The fourth-order valence-corrected chi connectivity index (χ4v) is 6.36. The van der Waals surface area contributed by atoms with Gasteiger partial charge in [-0.15, -0.1) is 0 Å². The lowest BCUT2D eigenvalue weighted by Crippen LogP contribution is -2.28. The molecule has 5 aromatic rings. The standard InChI is InChI=1S/C41H41ClN2O5S/c1-27-25-35(42)19-22-37(27)31-15-20-36(21-16-31)44-40(46)38(26-28-5-7-33(8-6-28)39(45)43-23-24-50(47,48)49)32-11-9-29(10-12-32)30-13-17-34(18-14-30)41(2,3)4/h5-22,25,38H,23-24,26H2,1-4H3,(H,43,45)(H,44,46)(H,47,48,49)/t38-/m1/s1. The summed E-state index contributed by atoms with van der Waals surface area (Å²) in [6.45, 7) is 8.36. The van der Waals surface area contributed by atoms with Crippen molar-refractivity contribution in [2.45, 2.75) is 45.4 Å². The Morgan fingerprint density at radius 3 is 1.92 bits per heavy atom. The molecule has 0 aliphatic rings. The zero-order valence-corrected chi connectivity index (χ0v) is 30.1. The molecule has 0 aromatic heterocycles. The van der Waals surface area contributed by atoms with Gasteiger partial charge in [0.25, 0.3) is 16.0 Å². The smallest absolute Gasteiger partial charge is 0.266 e. The molecular formula is C41H41ClN2O5S. The maximum atomic E-state index is 14.0. The normalized spacial score (nSPS) is 12.3. The summed E-state index contributed by atoms with van der Waals surface area (Å²) in [5, 5.41) is 6.27. The Hall–Kier alpha value is -4.76. The van der Waals surface area contributed by atoms with Crippen molar-refractivity contribution in [1.82, 2.24) is 5.32 Å². The highest BCUT2D eigenvalue weighted by atomic mass is 35.5. The Kier molecular flexibility index (Phi) is 11.3. The number of hydrogen-bond acceptors (Lipinski definition) is 4. The van der Waals surface area contributed by atoms with Gasteiger partial charge < -0.3 is 10.6 Å². The van der Waals surface area contributed by atoms with E-state index in [0.717, 1.165) is 38.9 Å². The summed E-state index contributed by atoms with van der Waals surface area (Å²) in [4.78, 5) is 26.5. The number of aryl methyl sites for hydroxylation is 1. The monoisotopic (exact) mass is 708 g/mol. The molecule has 258 valence electrons. The van der Waals surface area contributed by atoms with E-state index in [1.165, 1.54) is 5.56 Å². The Morgan fingerprint density at radius 1 is 0.780 bits per heavy atom. The van der Waals surface area contributed by atoms with Crippen molar-refractivity contribution in [3.8, 4) is 22.3 Å². The summed E-state index contributed by atoms with van der Waals surface area (Å²) in [5.41, 5.74) is 9.29. The average molecular weight is 709 g/mol. The van der Waals surface area contributed by atoms with Crippen LogP contribution >= 0.6 is 11.6 Å². The van der Waals surface area contributed by atoms with Crippen molar-refractivity contribution < 1.29 is 22.6 Å². The second kappa shape index (κ2) is 15.4. The number of carbonyl (C=O) groups excluding carboxylic acids is 2. The Morgan fingerprint density at radius 2 is 1.36 bits per heavy atom. The molecular weight excluding hydrogens is 668 g/mol. The number of benzene rings is 5. The third-order valence-corrected chi connectivity index (χ3v) is 9.62. The lowest BCUT2D eigenvalue weighted by atomic mass is 9.86. The number of nitrogens with one attached hydrogen (secondary N) is 2. The summed E-state index contributed by atoms with van der Waals surface area (Å²) in [6.07, 6.45) is 0.373. The van der Waals surface area contributed by atoms with Gasteiger partial charge in [-0.1, -0.05) is 111 Å². The quantitative estimate of drug-likeness (QED) is 0.119. The minimum atomic E-state index is -4.18. The topological polar surface area (TPSA) is 113 Å². The maximum absolute atomic E-state index is 14.0. The predicted molar refractivity (Wildman–Crippen MR) is 202 cm³/mol. The largest absolute Gasteiger partial charge is 0.351 e. The Labute approximate surface area is 299 Å². The van der Waals surface area contributed by atoms with Gasteiger partial charge in [-0.3, -0.25) is 14.1 Å². The van der Waals surface area contributed by atoms with Crippen LogP contribution in [0.2, 0.25) is 5.02 Å². The summed E-state index contributed by atoms with van der Waals surface area (Å²) in [6, 6.07) is 36.9. The van der Waals surface area contributed by atoms with Gasteiger partial charge in [0.1, 0.15) is 0 Å². The molecule has 3 N–H and O–H groups in total. The average Bonchev–Trinajstić information content (AvgIpc) is 3.07. The van der Waals surface area contributed by atoms with Gasteiger partial charge in [-0.2, -0.15) is 8.42 Å². The number of halogens is 1. The van der Waals surface area contributed by atoms with Crippen molar-refractivity contribution in [1.29, 1.82) is 0 Å². The van der Waals surface area contributed by atoms with Crippen LogP contribution in [-0.2, 0) is 26.7 Å². The van der Waals surface area contributed by atoms with Gasteiger partial charge in [0.15, 0.2) is 0 Å². The van der Waals surface area contributed by atoms with Gasteiger partial charge in [-0.25, -0.2) is 0 Å². The zero-order valence-electron chi connectivity index (χ0n) is 28.5. The Balaban J connectivity index is 1.37. The molecule has 0 spiro atoms. The van der Waals surface area contributed by atoms with E-state index in [1.54, 1.807) is 24.3 Å². The minimum absolute atomic E-state index is 0.0587. The van der Waals surface area contributed by atoms with Gasteiger partial charge in [0, 0.05) is 22.8 Å². The van der Waals surface area contributed by atoms with Crippen molar-refractivity contribution in [2.24, 2.45) is 0 Å². The van der Waals surface area contributed by atoms with E-state index in [1.807, 2.05) is 73.7 Å². The highest BCUT2D eigenvalue weighted by Crippen LogP contribution is 2.31. The SMILES string of the molecule is Cc1cc(Cl)ccc1-c1ccc(NC(=O)[C@H](Cc2ccc(C(=O)NCCS(=O)(=O)O)cc2)c2ccc(-c3ccc(C(C)(C)C)cc3)cc2)cc1. The molecule has 0 bridgehead atoms. The summed E-state index contributed by atoms with van der Waals surface area (Å²) in [5.74, 6) is -1.74. The fraction of sp³-hybridized carbons (Fsp3) is 0.220. The third-order valence-electron chi connectivity index (χ3n) is 8.67. The van der Waals surface area contributed by atoms with Crippen LogP contribution in [0.4, 0.5) is 5.69 Å². The first kappa shape index (κ1) is 36.5. The van der Waals surface area contributed by atoms with E-state index in [2.05, 4.69) is 55.7 Å². The number of amides is 2. The van der Waals surface area contributed by atoms with Crippen LogP contribution in [0.3, 0.4) is 0 Å². The lowest BCUT2D eigenvalue weighted by Gasteiger charge is -2.20. The van der Waals surface area contributed by atoms with Gasteiger partial charge in [0.05, 0.1) is 11.7 Å². The predicted octanol–water partition coefficient (Wildman–Crippen LogP) is 8.86. The molecule has 0 unspecified atom stereocenters. The molecule has 0 fully saturated rings. The molecule has 0 radical (unpaired) electrons. The van der Waals surface area contributed by atoms with Gasteiger partial charge in [0.2, 0.25) is 5.91 Å². The van der Waals surface area contributed by atoms with Crippen molar-refractivity contribution in [3.05, 3.63) is 148 Å². The van der Waals surface area contributed by atoms with Crippen LogP contribution in [0.15, 0.2) is 115 Å². The molecule has 9 heteroatoms. The second-order valence-electron chi connectivity index (χ2n) is 13.5. The second-order valence-corrected chi connectivity index (χ2v) is 15.5. The first-order valence-electron chi connectivity index (χ1n) is 16.4. The number of carbonyl (C=O) groups is 2. The highest BCUT2D eigenvalue weighted by Gasteiger charge is 2.22. The molecule has 0 heterocycles. The first-order chi connectivity index (χ1) is 23.7. The Bertz CT molecular complexity index is 2070. The van der Waals surface area contributed by atoms with Crippen LogP contribution in [0.25, 0.3) is 22.3 Å². The maximum Gasteiger partial charge on any atom is 0.266 e. The van der Waals surface area contributed by atoms with Crippen LogP contribution in [0.1, 0.15) is 59.3 Å². The number of rotatable bonds is 11. The highest BCUT2D eigenvalue weighted by molar-refractivity contribution is 7.85. The molecule has 50 heavy (non-hydrogen) atoms. The number of anilines is 1. The van der Waals surface area contributed by atoms with E-state index >= 15 is 0 Å². The van der Waals surface area contributed by atoms with E-state index in [-0.39, 0.29) is 17.9 Å².